The molecule has 21 heavy (non-hydrogen) atoms. The van der Waals surface area contributed by atoms with E-state index in [1.165, 1.54) is 17.0 Å². The van der Waals surface area contributed by atoms with Crippen LogP contribution in [0.5, 0.6) is 0 Å². The summed E-state index contributed by atoms with van der Waals surface area (Å²) in [5.74, 6) is 0.327. The minimum atomic E-state index is -0.308. The average molecular weight is 327 g/mol. The lowest BCUT2D eigenvalue weighted by Crippen LogP contribution is -2.18. The topological polar surface area (TPSA) is 24.9 Å². The number of rotatable bonds is 6. The van der Waals surface area contributed by atoms with Gasteiger partial charge in [-0.3, -0.25) is 0 Å². The van der Waals surface area contributed by atoms with Crippen LogP contribution < -0.4 is 5.32 Å². The molecule has 2 nitrogen and oxygen atoms in total. The smallest absolute Gasteiger partial charge is 0.124 e. The fourth-order valence-electron chi connectivity index (χ4n) is 2.03. The predicted molar refractivity (Wildman–Crippen MR) is 87.6 cm³/mol. The minimum absolute atomic E-state index is 0.308. The lowest BCUT2D eigenvalue weighted by molar-refractivity contribution is 0.554. The molecule has 0 radical (unpaired) electrons. The van der Waals surface area contributed by atoms with Crippen molar-refractivity contribution in [1.82, 2.24) is 10.3 Å². The van der Waals surface area contributed by atoms with Gasteiger partial charge in [0.25, 0.3) is 0 Å². The van der Waals surface area contributed by atoms with Crippen molar-refractivity contribution in [3.63, 3.8) is 0 Å². The highest BCUT2D eigenvalue weighted by Crippen LogP contribution is 2.24. The molecule has 2 aromatic rings. The molecule has 1 aromatic heterocycles. The van der Waals surface area contributed by atoms with Crippen LogP contribution in [-0.4, -0.2) is 11.5 Å². The number of hydrogen-bond acceptors (Lipinski definition) is 3. The van der Waals surface area contributed by atoms with Gasteiger partial charge in [-0.15, -0.1) is 11.3 Å². The fraction of sp³-hybridized carbons (Fsp3) is 0.438. The van der Waals surface area contributed by atoms with E-state index in [-0.39, 0.29) is 5.82 Å². The molecule has 0 aliphatic rings. The van der Waals surface area contributed by atoms with Crippen LogP contribution in [0.25, 0.3) is 0 Å². The zero-order valence-electron chi connectivity index (χ0n) is 12.5. The Labute approximate surface area is 134 Å². The summed E-state index contributed by atoms with van der Waals surface area (Å²) in [4.78, 5) is 5.85. The molecule has 0 aliphatic heterocycles. The zero-order chi connectivity index (χ0) is 15.4. The number of nitrogens with zero attached hydrogens (tertiary/aromatic N) is 1. The van der Waals surface area contributed by atoms with Crippen molar-refractivity contribution in [3.05, 3.63) is 50.2 Å². The van der Waals surface area contributed by atoms with Gasteiger partial charge in [0.2, 0.25) is 0 Å². The molecule has 0 aliphatic carbocycles. The highest BCUT2D eigenvalue weighted by Gasteiger charge is 2.10. The first-order valence-corrected chi connectivity index (χ1v) is 8.25. The number of aryl methyl sites for hydroxylation is 1. The Morgan fingerprint density at radius 3 is 2.81 bits per heavy atom. The van der Waals surface area contributed by atoms with E-state index >= 15 is 0 Å². The quantitative estimate of drug-likeness (QED) is 0.840. The molecular formula is C16H20ClFN2S. The summed E-state index contributed by atoms with van der Waals surface area (Å²) in [6, 6.07) is 4.51. The second-order valence-corrected chi connectivity index (χ2v) is 7.13. The van der Waals surface area contributed by atoms with E-state index in [9.17, 15) is 4.39 Å². The molecule has 5 heteroatoms. The van der Waals surface area contributed by atoms with Gasteiger partial charge in [0, 0.05) is 22.9 Å². The third-order valence-corrected chi connectivity index (χ3v) is 4.64. The highest BCUT2D eigenvalue weighted by atomic mass is 35.5. The van der Waals surface area contributed by atoms with Crippen molar-refractivity contribution in [2.45, 2.75) is 33.7 Å². The second kappa shape index (κ2) is 7.34. The molecule has 1 heterocycles. The Morgan fingerprint density at radius 1 is 1.38 bits per heavy atom. The minimum Gasteiger partial charge on any atom is -0.312 e. The highest BCUT2D eigenvalue weighted by molar-refractivity contribution is 7.11. The molecule has 0 saturated heterocycles. The van der Waals surface area contributed by atoms with E-state index in [4.69, 9.17) is 11.6 Å². The van der Waals surface area contributed by atoms with Crippen LogP contribution in [0.2, 0.25) is 5.02 Å². The molecule has 1 N–H and O–H groups in total. The SMILES string of the molecule is Cc1nc(Cc2ccc(F)cc2Cl)sc1CNCC(C)C. The first-order valence-electron chi connectivity index (χ1n) is 7.05. The van der Waals surface area contributed by atoms with Crippen molar-refractivity contribution in [2.24, 2.45) is 5.92 Å². The maximum absolute atomic E-state index is 13.1. The lowest BCUT2D eigenvalue weighted by Gasteiger charge is -2.05. The van der Waals surface area contributed by atoms with Gasteiger partial charge >= 0.3 is 0 Å². The molecule has 2 rings (SSSR count). The van der Waals surface area contributed by atoms with E-state index in [0.29, 0.717) is 17.4 Å². The van der Waals surface area contributed by atoms with Crippen LogP contribution >= 0.6 is 22.9 Å². The van der Waals surface area contributed by atoms with Gasteiger partial charge in [-0.25, -0.2) is 9.37 Å². The summed E-state index contributed by atoms with van der Waals surface area (Å²) >= 11 is 7.76. The van der Waals surface area contributed by atoms with Crippen LogP contribution in [0.1, 0.15) is 35.0 Å². The third kappa shape index (κ3) is 4.77. The van der Waals surface area contributed by atoms with E-state index in [0.717, 1.165) is 29.4 Å². The maximum atomic E-state index is 13.1. The van der Waals surface area contributed by atoms with E-state index in [1.54, 1.807) is 17.4 Å². The average Bonchev–Trinajstić information content (AvgIpc) is 2.73. The van der Waals surface area contributed by atoms with E-state index in [1.807, 2.05) is 6.92 Å². The van der Waals surface area contributed by atoms with Gasteiger partial charge in [0.15, 0.2) is 0 Å². The van der Waals surface area contributed by atoms with Gasteiger partial charge in [0.1, 0.15) is 5.82 Å². The monoisotopic (exact) mass is 326 g/mol. The molecule has 0 fully saturated rings. The summed E-state index contributed by atoms with van der Waals surface area (Å²) in [6.45, 7) is 8.25. The van der Waals surface area contributed by atoms with Gasteiger partial charge < -0.3 is 5.32 Å². The van der Waals surface area contributed by atoms with Crippen molar-refractivity contribution in [2.75, 3.05) is 6.54 Å². The summed E-state index contributed by atoms with van der Waals surface area (Å²) in [6.07, 6.45) is 0.648. The number of nitrogens with one attached hydrogen (secondary N) is 1. The summed E-state index contributed by atoms with van der Waals surface area (Å²) in [7, 11) is 0. The Balaban J connectivity index is 2.04. The molecular weight excluding hydrogens is 307 g/mol. The van der Waals surface area contributed by atoms with Crippen LogP contribution in [0.3, 0.4) is 0 Å². The first-order chi connectivity index (χ1) is 9.95. The normalized spacial score (nSPS) is 11.3. The summed E-state index contributed by atoms with van der Waals surface area (Å²) < 4.78 is 13.1. The molecule has 0 amide bonds. The van der Waals surface area contributed by atoms with Crippen molar-refractivity contribution < 1.29 is 4.39 Å². The Hall–Kier alpha value is -0.970. The van der Waals surface area contributed by atoms with Crippen LogP contribution in [0, 0.1) is 18.7 Å². The number of thiazole rings is 1. The maximum Gasteiger partial charge on any atom is 0.124 e. The molecule has 0 saturated carbocycles. The summed E-state index contributed by atoms with van der Waals surface area (Å²) in [5.41, 5.74) is 1.97. The van der Waals surface area contributed by atoms with Gasteiger partial charge in [-0.2, -0.15) is 0 Å². The molecule has 0 spiro atoms. The standard InChI is InChI=1S/C16H20ClFN2S/c1-10(2)8-19-9-15-11(3)20-16(21-15)6-12-4-5-13(18)7-14(12)17/h4-5,7,10,19H,6,8-9H2,1-3H3. The number of aromatic nitrogens is 1. The van der Waals surface area contributed by atoms with Crippen molar-refractivity contribution >= 4 is 22.9 Å². The molecule has 114 valence electrons. The van der Waals surface area contributed by atoms with Crippen molar-refractivity contribution in [1.29, 1.82) is 0 Å². The largest absolute Gasteiger partial charge is 0.312 e. The van der Waals surface area contributed by atoms with Crippen LogP contribution in [0.4, 0.5) is 4.39 Å². The fourth-order valence-corrected chi connectivity index (χ4v) is 3.33. The second-order valence-electron chi connectivity index (χ2n) is 5.55. The van der Waals surface area contributed by atoms with Gasteiger partial charge in [-0.05, 0) is 37.1 Å². The van der Waals surface area contributed by atoms with Crippen LogP contribution in [0.15, 0.2) is 18.2 Å². The first kappa shape index (κ1) is 16.4. The van der Waals surface area contributed by atoms with Gasteiger partial charge in [0.05, 0.1) is 10.7 Å². The Kier molecular flexibility index (Phi) is 5.73. The van der Waals surface area contributed by atoms with E-state index < -0.39 is 0 Å². The van der Waals surface area contributed by atoms with E-state index in [2.05, 4.69) is 24.1 Å². The number of halogens is 2. The molecule has 0 unspecified atom stereocenters. The number of hydrogen-bond donors (Lipinski definition) is 1. The molecule has 1 aromatic carbocycles. The third-order valence-electron chi connectivity index (χ3n) is 3.13. The molecule has 0 bridgehead atoms. The van der Waals surface area contributed by atoms with Crippen LogP contribution in [-0.2, 0) is 13.0 Å². The predicted octanol–water partition coefficient (Wildman–Crippen LogP) is 4.58. The Morgan fingerprint density at radius 2 is 2.14 bits per heavy atom. The zero-order valence-corrected chi connectivity index (χ0v) is 14.1. The molecule has 0 atom stereocenters. The summed E-state index contributed by atoms with van der Waals surface area (Å²) in [5, 5.41) is 4.91. The number of benzene rings is 1. The van der Waals surface area contributed by atoms with Crippen molar-refractivity contribution in [3.8, 4) is 0 Å². The lowest BCUT2D eigenvalue weighted by atomic mass is 10.1. The Bertz CT molecular complexity index is 610. The van der Waals surface area contributed by atoms with Gasteiger partial charge in [-0.1, -0.05) is 31.5 Å².